The summed E-state index contributed by atoms with van der Waals surface area (Å²) in [5, 5.41) is 39.9. The van der Waals surface area contributed by atoms with E-state index in [-0.39, 0.29) is 33.4 Å². The van der Waals surface area contributed by atoms with E-state index in [1.165, 1.54) is 24.6 Å². The minimum absolute atomic E-state index is 0.145. The van der Waals surface area contributed by atoms with Gasteiger partial charge < -0.3 is 20.4 Å². The molecule has 4 N–H and O–H groups in total. The van der Waals surface area contributed by atoms with Crippen molar-refractivity contribution in [2.75, 3.05) is 0 Å². The molecule has 0 heterocycles. The molecule has 0 saturated heterocycles. The summed E-state index contributed by atoms with van der Waals surface area (Å²) in [7, 11) is 0. The highest BCUT2D eigenvalue weighted by Crippen LogP contribution is 2.31. The van der Waals surface area contributed by atoms with Crippen LogP contribution >= 0.6 is 0 Å². The van der Waals surface area contributed by atoms with Crippen molar-refractivity contribution in [2.45, 2.75) is 0 Å². The maximum atomic E-state index is 12.2. The minimum atomic E-state index is -1.38. The van der Waals surface area contributed by atoms with Gasteiger partial charge in [-0.05, 0) is 57.6 Å². The van der Waals surface area contributed by atoms with E-state index in [0.717, 1.165) is 11.1 Å². The van der Waals surface area contributed by atoms with E-state index >= 15 is 0 Å². The summed E-state index contributed by atoms with van der Waals surface area (Å²) in [6, 6.07) is 37.9. The van der Waals surface area contributed by atoms with Crippen LogP contribution < -0.4 is 0 Å². The predicted octanol–water partition coefficient (Wildman–Crippen LogP) is 8.98. The van der Waals surface area contributed by atoms with Crippen LogP contribution in [0.1, 0.15) is 52.6 Å². The fraction of sp³-hybridized carbons (Fsp3) is 0. The lowest BCUT2D eigenvalue weighted by Gasteiger charge is -2.12. The van der Waals surface area contributed by atoms with E-state index in [1.807, 2.05) is 24.3 Å². The zero-order chi connectivity index (χ0) is 36.8. The van der Waals surface area contributed by atoms with Crippen molar-refractivity contribution in [3.8, 4) is 33.4 Å². The molecule has 10 nitrogen and oxygen atoms in total. The van der Waals surface area contributed by atoms with Crippen molar-refractivity contribution in [1.29, 1.82) is 0 Å². The first-order valence-corrected chi connectivity index (χ1v) is 15.8. The van der Waals surface area contributed by atoms with Gasteiger partial charge in [0.2, 0.25) is 0 Å². The van der Waals surface area contributed by atoms with Gasteiger partial charge in [-0.15, -0.1) is 0 Å². The molecule has 0 aromatic heterocycles. The molecule has 0 bridgehead atoms. The Bertz CT molecular complexity index is 2210. The molecule has 0 aliphatic rings. The fourth-order valence-electron chi connectivity index (χ4n) is 5.84. The molecule has 52 heavy (non-hydrogen) atoms. The molecule has 0 amide bonds. The SMILES string of the molecule is O=C(O)c1c(C=Nc2ccc(-c3ccc(N=Cc4ccc(-c5ccccc5)c(C(=O)O)c4C(=O)O)cc3)cc2)ccc(-c2ccccc2)c1C(=O)O. The van der Waals surface area contributed by atoms with Crippen LogP contribution in [0.5, 0.6) is 0 Å². The van der Waals surface area contributed by atoms with Crippen LogP contribution in [-0.4, -0.2) is 56.7 Å². The van der Waals surface area contributed by atoms with E-state index < -0.39 is 23.9 Å². The van der Waals surface area contributed by atoms with Crippen molar-refractivity contribution in [1.82, 2.24) is 0 Å². The number of aromatic carboxylic acids is 4. The number of carboxylic acids is 4. The second-order valence-corrected chi connectivity index (χ2v) is 11.5. The molecule has 6 aromatic carbocycles. The smallest absolute Gasteiger partial charge is 0.337 e. The average Bonchev–Trinajstić information content (AvgIpc) is 3.16. The number of carboxylic acid groups (broad SMARTS) is 4. The van der Waals surface area contributed by atoms with Crippen molar-refractivity contribution >= 4 is 47.7 Å². The highest BCUT2D eigenvalue weighted by atomic mass is 16.4. The Morgan fingerprint density at radius 2 is 0.692 bits per heavy atom. The van der Waals surface area contributed by atoms with Crippen LogP contribution in [0.2, 0.25) is 0 Å². The average molecular weight is 689 g/mol. The molecule has 6 aromatic rings. The van der Waals surface area contributed by atoms with Crippen LogP contribution in [0.4, 0.5) is 11.4 Å². The Morgan fingerprint density at radius 1 is 0.365 bits per heavy atom. The predicted molar refractivity (Wildman–Crippen MR) is 198 cm³/mol. The van der Waals surface area contributed by atoms with Gasteiger partial charge in [-0.2, -0.15) is 0 Å². The Morgan fingerprint density at radius 3 is 1.00 bits per heavy atom. The van der Waals surface area contributed by atoms with Gasteiger partial charge >= 0.3 is 23.9 Å². The summed E-state index contributed by atoms with van der Waals surface area (Å²) in [5.41, 5.74) is 3.39. The molecule has 0 aliphatic heterocycles. The monoisotopic (exact) mass is 688 g/mol. The Hall–Kier alpha value is -7.46. The van der Waals surface area contributed by atoms with Crippen LogP contribution in [0.15, 0.2) is 143 Å². The molecule has 6 rings (SSSR count). The standard InChI is InChI=1S/C42H28N2O8/c45-39(46)35-29(15-21-33(37(35)41(49)50)27-7-3-1-4-8-27)23-43-31-17-11-25(12-18-31)26-13-19-32(20-14-26)44-24-30-16-22-34(28-9-5-2-6-10-28)38(42(51)52)36(30)40(47)48/h1-24H,(H,45,46)(H,47,48)(H,49,50)(H,51,52). The Balaban J connectivity index is 1.22. The van der Waals surface area contributed by atoms with Gasteiger partial charge in [-0.25, -0.2) is 19.2 Å². The maximum Gasteiger partial charge on any atom is 0.337 e. The van der Waals surface area contributed by atoms with E-state index in [4.69, 9.17) is 0 Å². The Kier molecular flexibility index (Phi) is 9.91. The zero-order valence-corrected chi connectivity index (χ0v) is 27.2. The molecule has 0 spiro atoms. The maximum absolute atomic E-state index is 12.2. The summed E-state index contributed by atoms with van der Waals surface area (Å²) in [6.07, 6.45) is 2.66. The summed E-state index contributed by atoms with van der Waals surface area (Å²) < 4.78 is 0. The fourth-order valence-corrected chi connectivity index (χ4v) is 5.84. The summed E-state index contributed by atoms with van der Waals surface area (Å²) in [5.74, 6) is -5.48. The van der Waals surface area contributed by atoms with Crippen LogP contribution in [0, 0.1) is 0 Å². The first-order valence-electron chi connectivity index (χ1n) is 15.8. The van der Waals surface area contributed by atoms with Crippen LogP contribution in [0.25, 0.3) is 33.4 Å². The van der Waals surface area contributed by atoms with Crippen LogP contribution in [0.3, 0.4) is 0 Å². The number of hydrogen-bond donors (Lipinski definition) is 4. The highest BCUT2D eigenvalue weighted by molar-refractivity contribution is 6.12. The first kappa shape index (κ1) is 34.4. The van der Waals surface area contributed by atoms with Gasteiger partial charge in [0.25, 0.3) is 0 Å². The quantitative estimate of drug-likeness (QED) is 0.0976. The lowest BCUT2D eigenvalue weighted by molar-refractivity contribution is 0.0652. The number of benzene rings is 6. The van der Waals surface area contributed by atoms with Gasteiger partial charge in [-0.1, -0.05) is 109 Å². The van der Waals surface area contributed by atoms with Gasteiger partial charge in [-0.3, -0.25) is 9.98 Å². The highest BCUT2D eigenvalue weighted by Gasteiger charge is 2.25. The topological polar surface area (TPSA) is 174 Å². The third-order valence-corrected chi connectivity index (χ3v) is 8.27. The molecule has 254 valence electrons. The number of hydrogen-bond acceptors (Lipinski definition) is 6. The van der Waals surface area contributed by atoms with Gasteiger partial charge in [0.15, 0.2) is 0 Å². The molecule has 10 heteroatoms. The summed E-state index contributed by atoms with van der Waals surface area (Å²) >= 11 is 0. The van der Waals surface area contributed by atoms with Crippen molar-refractivity contribution in [2.24, 2.45) is 9.98 Å². The first-order chi connectivity index (χ1) is 25.1. The van der Waals surface area contributed by atoms with Crippen molar-refractivity contribution in [3.63, 3.8) is 0 Å². The lowest BCUT2D eigenvalue weighted by Crippen LogP contribution is -2.13. The van der Waals surface area contributed by atoms with E-state index in [1.54, 1.807) is 97.1 Å². The molecule has 0 unspecified atom stereocenters. The van der Waals surface area contributed by atoms with E-state index in [0.29, 0.717) is 33.6 Å². The van der Waals surface area contributed by atoms with E-state index in [2.05, 4.69) is 9.98 Å². The molecule has 0 radical (unpaired) electrons. The van der Waals surface area contributed by atoms with Crippen LogP contribution in [-0.2, 0) is 0 Å². The normalized spacial score (nSPS) is 11.2. The summed E-state index contributed by atoms with van der Waals surface area (Å²) in [6.45, 7) is 0. The van der Waals surface area contributed by atoms with Crippen molar-refractivity contribution < 1.29 is 39.6 Å². The van der Waals surface area contributed by atoms with Gasteiger partial charge in [0.05, 0.1) is 33.6 Å². The second kappa shape index (κ2) is 15.0. The third-order valence-electron chi connectivity index (χ3n) is 8.27. The van der Waals surface area contributed by atoms with Gasteiger partial charge in [0.1, 0.15) is 0 Å². The zero-order valence-electron chi connectivity index (χ0n) is 27.2. The Labute approximate surface area is 297 Å². The summed E-state index contributed by atoms with van der Waals surface area (Å²) in [4.78, 5) is 57.7. The van der Waals surface area contributed by atoms with Gasteiger partial charge in [0, 0.05) is 23.6 Å². The number of carbonyl (C=O) groups is 4. The number of rotatable bonds is 11. The third kappa shape index (κ3) is 7.26. The number of aliphatic imine (C=N–C) groups is 2. The second-order valence-electron chi connectivity index (χ2n) is 11.5. The molecule has 0 fully saturated rings. The number of nitrogens with zero attached hydrogens (tertiary/aromatic N) is 2. The molecule has 0 saturated carbocycles. The molecular formula is C42H28N2O8. The van der Waals surface area contributed by atoms with E-state index in [9.17, 15) is 39.6 Å². The molecule has 0 aliphatic carbocycles. The minimum Gasteiger partial charge on any atom is -0.478 e. The molecular weight excluding hydrogens is 660 g/mol. The van der Waals surface area contributed by atoms with Crippen molar-refractivity contribution in [3.05, 3.63) is 167 Å². The molecule has 0 atom stereocenters. The lowest BCUT2D eigenvalue weighted by atomic mass is 9.92. The largest absolute Gasteiger partial charge is 0.478 e.